The molecule has 4 aromatic rings. The van der Waals surface area contributed by atoms with Crippen LogP contribution in [0.1, 0.15) is 17.9 Å². The third-order valence-corrected chi connectivity index (χ3v) is 5.82. The number of nitrogens with one attached hydrogen (secondary N) is 1. The molecule has 0 unspecified atom stereocenters. The molecule has 0 amide bonds. The molecule has 0 bridgehead atoms. The number of hydrogen-bond donors (Lipinski definition) is 2. The molecule has 1 aromatic heterocycles. The lowest BCUT2D eigenvalue weighted by molar-refractivity contribution is 0.154. The average molecular weight is 383 g/mol. The van der Waals surface area contributed by atoms with E-state index in [2.05, 4.69) is 81.6 Å². The zero-order valence-electron chi connectivity index (χ0n) is 16.3. The van der Waals surface area contributed by atoms with Gasteiger partial charge in [-0.25, -0.2) is 0 Å². The van der Waals surface area contributed by atoms with E-state index in [4.69, 9.17) is 0 Å². The number of aliphatic hydroxyl groups excluding tert-OH is 1. The van der Waals surface area contributed by atoms with Crippen molar-refractivity contribution in [1.29, 1.82) is 0 Å². The first kappa shape index (κ1) is 18.1. The minimum atomic E-state index is -0.446. The number of rotatable bonds is 7. The summed E-state index contributed by atoms with van der Waals surface area (Å²) in [6, 6.07) is 25.2. The van der Waals surface area contributed by atoms with Gasteiger partial charge in [0.1, 0.15) is 0 Å². The van der Waals surface area contributed by atoms with Crippen molar-refractivity contribution in [2.45, 2.75) is 25.0 Å². The number of aliphatic imine (C=N–C) groups is 1. The molecule has 1 aliphatic heterocycles. The molecule has 3 aromatic carbocycles. The van der Waals surface area contributed by atoms with E-state index in [-0.39, 0.29) is 0 Å². The molecule has 0 saturated carbocycles. The lowest BCUT2D eigenvalue weighted by Gasteiger charge is -2.16. The van der Waals surface area contributed by atoms with Gasteiger partial charge >= 0.3 is 0 Å². The Hall–Kier alpha value is -2.95. The Bertz CT molecular complexity index is 1120. The molecular weight excluding hydrogens is 358 g/mol. The van der Waals surface area contributed by atoms with Crippen LogP contribution in [0.2, 0.25) is 0 Å². The monoisotopic (exact) mass is 383 g/mol. The second kappa shape index (κ2) is 7.82. The summed E-state index contributed by atoms with van der Waals surface area (Å²) in [6.07, 6.45) is 2.59. The predicted molar refractivity (Wildman–Crippen MR) is 120 cm³/mol. The van der Waals surface area contributed by atoms with Crippen molar-refractivity contribution >= 4 is 33.7 Å². The van der Waals surface area contributed by atoms with E-state index in [9.17, 15) is 5.11 Å². The maximum atomic E-state index is 10.7. The molecule has 5 rings (SSSR count). The molecule has 2 atom stereocenters. The van der Waals surface area contributed by atoms with E-state index in [0.717, 1.165) is 18.7 Å². The first-order valence-electron chi connectivity index (χ1n) is 10.3. The summed E-state index contributed by atoms with van der Waals surface area (Å²) in [7, 11) is 0. The Balaban J connectivity index is 1.22. The fourth-order valence-corrected chi connectivity index (χ4v) is 4.40. The zero-order chi connectivity index (χ0) is 19.6. The maximum absolute atomic E-state index is 10.7. The molecule has 2 N–H and O–H groups in total. The van der Waals surface area contributed by atoms with E-state index in [0.29, 0.717) is 19.0 Å². The van der Waals surface area contributed by atoms with Crippen LogP contribution < -0.4 is 5.32 Å². The second-order valence-corrected chi connectivity index (χ2v) is 7.74. The van der Waals surface area contributed by atoms with Crippen LogP contribution in [0.3, 0.4) is 0 Å². The van der Waals surface area contributed by atoms with E-state index in [1.165, 1.54) is 27.4 Å². The molecule has 0 spiro atoms. The van der Waals surface area contributed by atoms with Gasteiger partial charge in [-0.2, -0.15) is 0 Å². The number of aromatic nitrogens is 1. The van der Waals surface area contributed by atoms with Gasteiger partial charge in [0.05, 0.1) is 18.3 Å². The van der Waals surface area contributed by atoms with Crippen molar-refractivity contribution in [3.05, 3.63) is 78.4 Å². The third kappa shape index (κ3) is 3.46. The van der Waals surface area contributed by atoms with E-state index in [1.54, 1.807) is 0 Å². The van der Waals surface area contributed by atoms with Crippen molar-refractivity contribution in [2.24, 2.45) is 4.99 Å². The van der Waals surface area contributed by atoms with Gasteiger partial charge in [-0.3, -0.25) is 4.99 Å². The smallest absolute Gasteiger partial charge is 0.0843 e. The lowest BCUT2D eigenvalue weighted by atomic mass is 9.98. The maximum Gasteiger partial charge on any atom is 0.0843 e. The molecular formula is C25H25N3O. The summed E-state index contributed by atoms with van der Waals surface area (Å²) in [5.41, 5.74) is 4.74. The molecule has 2 heterocycles. The van der Waals surface area contributed by atoms with E-state index >= 15 is 0 Å². The summed E-state index contributed by atoms with van der Waals surface area (Å²) in [5.74, 6) is 0.369. The number of nitrogens with zero attached hydrogens (tertiary/aromatic N) is 2. The van der Waals surface area contributed by atoms with Gasteiger partial charge in [-0.05, 0) is 36.7 Å². The Kier molecular flexibility index (Phi) is 4.88. The largest absolute Gasteiger partial charge is 0.390 e. The van der Waals surface area contributed by atoms with Gasteiger partial charge in [0.2, 0.25) is 0 Å². The van der Waals surface area contributed by atoms with Crippen molar-refractivity contribution in [3.63, 3.8) is 0 Å². The number of benzene rings is 3. The van der Waals surface area contributed by atoms with Crippen molar-refractivity contribution in [3.8, 4) is 0 Å². The minimum absolute atomic E-state index is 0.369. The molecule has 0 radical (unpaired) electrons. The predicted octanol–water partition coefficient (Wildman–Crippen LogP) is 4.63. The molecule has 146 valence electrons. The molecule has 1 aliphatic rings. The fraction of sp³-hybridized carbons (Fsp3) is 0.240. The Morgan fingerprint density at radius 3 is 2.31 bits per heavy atom. The number of hydrogen-bond acceptors (Lipinski definition) is 3. The van der Waals surface area contributed by atoms with Crippen LogP contribution in [0.25, 0.3) is 21.8 Å². The summed E-state index contributed by atoms with van der Waals surface area (Å²) in [5, 5.41) is 16.6. The second-order valence-electron chi connectivity index (χ2n) is 7.74. The molecule has 4 heteroatoms. The third-order valence-electron chi connectivity index (χ3n) is 5.82. The van der Waals surface area contributed by atoms with E-state index in [1.807, 2.05) is 12.3 Å². The van der Waals surface area contributed by atoms with Gasteiger partial charge in [0, 0.05) is 40.5 Å². The van der Waals surface area contributed by atoms with Gasteiger partial charge in [-0.15, -0.1) is 0 Å². The quantitative estimate of drug-likeness (QED) is 0.457. The summed E-state index contributed by atoms with van der Waals surface area (Å²) in [6.45, 7) is 2.01. The number of para-hydroxylation sites is 3. The first-order chi connectivity index (χ1) is 14.3. The summed E-state index contributed by atoms with van der Waals surface area (Å²) in [4.78, 5) is 4.50. The van der Waals surface area contributed by atoms with Gasteiger partial charge in [-0.1, -0.05) is 54.6 Å². The van der Waals surface area contributed by atoms with Crippen LogP contribution in [0.4, 0.5) is 5.69 Å². The Morgan fingerprint density at radius 2 is 1.55 bits per heavy atom. The summed E-state index contributed by atoms with van der Waals surface area (Å²) >= 11 is 0. The molecule has 0 fully saturated rings. The molecule has 29 heavy (non-hydrogen) atoms. The SMILES string of the molecule is O[C@H](CNCC[C@@H]1C=Nc2ccccc21)Cn1c2ccccc2c2ccccc21. The van der Waals surface area contributed by atoms with Gasteiger partial charge in [0.25, 0.3) is 0 Å². The Labute approximate surface area is 170 Å². The van der Waals surface area contributed by atoms with Crippen molar-refractivity contribution in [1.82, 2.24) is 9.88 Å². The highest BCUT2D eigenvalue weighted by Gasteiger charge is 2.18. The van der Waals surface area contributed by atoms with Crippen LogP contribution in [0, 0.1) is 0 Å². The van der Waals surface area contributed by atoms with Crippen molar-refractivity contribution < 1.29 is 5.11 Å². The van der Waals surface area contributed by atoms with Gasteiger partial charge < -0.3 is 15.0 Å². The van der Waals surface area contributed by atoms with Crippen LogP contribution in [0.15, 0.2) is 77.8 Å². The van der Waals surface area contributed by atoms with Gasteiger partial charge in [0.15, 0.2) is 0 Å². The first-order valence-corrected chi connectivity index (χ1v) is 10.3. The van der Waals surface area contributed by atoms with Crippen LogP contribution in [0.5, 0.6) is 0 Å². The highest BCUT2D eigenvalue weighted by atomic mass is 16.3. The van der Waals surface area contributed by atoms with Crippen molar-refractivity contribution in [2.75, 3.05) is 13.1 Å². The zero-order valence-corrected chi connectivity index (χ0v) is 16.3. The molecule has 0 aliphatic carbocycles. The van der Waals surface area contributed by atoms with Crippen LogP contribution in [-0.2, 0) is 6.54 Å². The molecule has 0 saturated heterocycles. The lowest BCUT2D eigenvalue weighted by Crippen LogP contribution is -2.31. The number of aliphatic hydroxyl groups is 1. The normalized spacial score (nSPS) is 16.5. The van der Waals surface area contributed by atoms with Crippen LogP contribution in [-0.4, -0.2) is 35.1 Å². The number of fused-ring (bicyclic) bond motifs is 4. The minimum Gasteiger partial charge on any atom is -0.390 e. The van der Waals surface area contributed by atoms with Crippen LogP contribution >= 0.6 is 0 Å². The Morgan fingerprint density at radius 1 is 0.897 bits per heavy atom. The topological polar surface area (TPSA) is 49.5 Å². The summed E-state index contributed by atoms with van der Waals surface area (Å²) < 4.78 is 2.23. The fourth-order valence-electron chi connectivity index (χ4n) is 4.40. The van der Waals surface area contributed by atoms with E-state index < -0.39 is 6.10 Å². The molecule has 4 nitrogen and oxygen atoms in total. The highest BCUT2D eigenvalue weighted by molar-refractivity contribution is 6.07. The highest BCUT2D eigenvalue weighted by Crippen LogP contribution is 2.33. The average Bonchev–Trinajstić information content (AvgIpc) is 3.31. The standard InChI is InChI=1S/C25H25N3O/c29-19(16-26-14-13-18-15-27-23-10-4-1-7-20(18)23)17-28-24-11-5-2-8-21(24)22-9-3-6-12-25(22)28/h1-12,15,18-19,26,29H,13-14,16-17H2/t18-,19-/m1/s1.